The minimum atomic E-state index is -2.59. The minimum absolute atomic E-state index is 0.0726. The normalized spacial score (nSPS) is 10.9. The summed E-state index contributed by atoms with van der Waals surface area (Å²) >= 11 is 5.59. The summed E-state index contributed by atoms with van der Waals surface area (Å²) in [6.45, 7) is 1.11. The van der Waals surface area contributed by atoms with Gasteiger partial charge in [0, 0.05) is 11.3 Å². The van der Waals surface area contributed by atoms with Crippen molar-refractivity contribution in [3.05, 3.63) is 28.0 Å². The fourth-order valence-corrected chi connectivity index (χ4v) is 1.20. The Morgan fingerprint density at radius 3 is 2.69 bits per heavy atom. The summed E-state index contributed by atoms with van der Waals surface area (Å²) in [6, 6.07) is 1.14. The predicted octanol–water partition coefficient (Wildman–Crippen LogP) is 2.47. The number of hydrogen-bond donors (Lipinski definition) is 1. The summed E-state index contributed by atoms with van der Waals surface area (Å²) in [5.41, 5.74) is 0.231. The smallest absolute Gasteiger partial charge is 0.265 e. The average Bonchev–Trinajstić information content (AvgIpc) is 2.07. The van der Waals surface area contributed by atoms with Crippen molar-refractivity contribution in [3.8, 4) is 0 Å². The summed E-state index contributed by atoms with van der Waals surface area (Å²) in [5.74, 6) is 0. The molecule has 0 fully saturated rings. The Morgan fingerprint density at radius 1 is 1.62 bits per heavy atom. The molecule has 0 aromatic carbocycles. The largest absolute Gasteiger partial charge is 0.390 e. The maximum atomic E-state index is 12.3. The second-order valence-corrected chi connectivity index (χ2v) is 2.96. The van der Waals surface area contributed by atoms with Crippen LogP contribution in [0.15, 0.2) is 6.07 Å². The number of alkyl halides is 2. The number of rotatable bonds is 2. The van der Waals surface area contributed by atoms with E-state index < -0.39 is 6.43 Å². The third-order valence-electron chi connectivity index (χ3n) is 1.66. The van der Waals surface area contributed by atoms with Crippen LogP contribution in [0.1, 0.15) is 23.4 Å². The first kappa shape index (κ1) is 10.3. The van der Waals surface area contributed by atoms with Crippen LogP contribution in [0.2, 0.25) is 5.02 Å². The van der Waals surface area contributed by atoms with Crippen molar-refractivity contribution in [1.82, 2.24) is 4.98 Å². The Hall–Kier alpha value is -0.740. The lowest BCUT2D eigenvalue weighted by atomic mass is 10.2. The third-order valence-corrected chi connectivity index (χ3v) is 1.99. The number of aryl methyl sites for hydroxylation is 1. The van der Waals surface area contributed by atoms with Crippen LogP contribution in [0.5, 0.6) is 0 Å². The molecule has 1 rings (SSSR count). The fraction of sp³-hybridized carbons (Fsp3) is 0.375. The van der Waals surface area contributed by atoms with Crippen LogP contribution in [-0.4, -0.2) is 10.1 Å². The lowest BCUT2D eigenvalue weighted by Gasteiger charge is -2.07. The van der Waals surface area contributed by atoms with Gasteiger partial charge in [0.2, 0.25) is 0 Å². The average molecular weight is 208 g/mol. The maximum absolute atomic E-state index is 12.3. The summed E-state index contributed by atoms with van der Waals surface area (Å²) in [7, 11) is 0. The van der Waals surface area contributed by atoms with Gasteiger partial charge in [-0.3, -0.25) is 4.98 Å². The zero-order valence-corrected chi connectivity index (χ0v) is 7.65. The Bertz CT molecular complexity index is 317. The first-order valence-electron chi connectivity index (χ1n) is 3.61. The quantitative estimate of drug-likeness (QED) is 0.808. The predicted molar refractivity (Wildman–Crippen MR) is 44.9 cm³/mol. The van der Waals surface area contributed by atoms with E-state index in [-0.39, 0.29) is 28.6 Å². The zero-order chi connectivity index (χ0) is 10.0. The van der Waals surface area contributed by atoms with E-state index in [1.54, 1.807) is 0 Å². The van der Waals surface area contributed by atoms with Gasteiger partial charge in [-0.05, 0) is 13.0 Å². The van der Waals surface area contributed by atoms with E-state index in [2.05, 4.69) is 4.98 Å². The first-order chi connectivity index (χ1) is 6.06. The topological polar surface area (TPSA) is 33.1 Å². The number of aromatic nitrogens is 1. The highest BCUT2D eigenvalue weighted by atomic mass is 35.5. The molecule has 0 aliphatic heterocycles. The Kier molecular flexibility index (Phi) is 3.17. The van der Waals surface area contributed by atoms with Gasteiger partial charge >= 0.3 is 0 Å². The van der Waals surface area contributed by atoms with Gasteiger partial charge in [-0.15, -0.1) is 0 Å². The second kappa shape index (κ2) is 3.98. The van der Waals surface area contributed by atoms with Gasteiger partial charge in [0.1, 0.15) is 0 Å². The standard InChI is InChI=1S/C8H8ClF2NO/c1-4-5(8(10)11)2-6(9)7(3-13)12-4/h2,8,13H,3H2,1H3. The lowest BCUT2D eigenvalue weighted by molar-refractivity contribution is 0.150. The molecule has 0 atom stereocenters. The van der Waals surface area contributed by atoms with E-state index in [0.29, 0.717) is 0 Å². The molecule has 2 nitrogen and oxygen atoms in total. The van der Waals surface area contributed by atoms with Gasteiger partial charge in [0.25, 0.3) is 6.43 Å². The number of pyridine rings is 1. The number of halogens is 3. The van der Waals surface area contributed by atoms with E-state index in [4.69, 9.17) is 16.7 Å². The fourth-order valence-electron chi connectivity index (χ4n) is 0.976. The molecule has 0 bridgehead atoms. The summed E-state index contributed by atoms with van der Waals surface area (Å²) in [4.78, 5) is 3.75. The van der Waals surface area contributed by atoms with Crippen molar-refractivity contribution in [2.75, 3.05) is 0 Å². The minimum Gasteiger partial charge on any atom is -0.390 e. The molecule has 0 aliphatic rings. The van der Waals surface area contributed by atoms with Crippen LogP contribution in [-0.2, 0) is 6.61 Å². The molecule has 0 radical (unpaired) electrons. The van der Waals surface area contributed by atoms with Crippen LogP contribution in [0.25, 0.3) is 0 Å². The SMILES string of the molecule is Cc1nc(CO)c(Cl)cc1C(F)F. The molecule has 0 saturated heterocycles. The van der Waals surface area contributed by atoms with Gasteiger partial charge in [-0.2, -0.15) is 0 Å². The van der Waals surface area contributed by atoms with Crippen LogP contribution < -0.4 is 0 Å². The first-order valence-corrected chi connectivity index (χ1v) is 3.99. The molecule has 1 N–H and O–H groups in total. The van der Waals surface area contributed by atoms with Crippen molar-refractivity contribution < 1.29 is 13.9 Å². The Labute approximate surface area is 79.2 Å². The van der Waals surface area contributed by atoms with E-state index in [0.717, 1.165) is 6.07 Å². The highest BCUT2D eigenvalue weighted by Gasteiger charge is 2.14. The Morgan fingerprint density at radius 2 is 2.23 bits per heavy atom. The van der Waals surface area contributed by atoms with Gasteiger partial charge in [0.05, 0.1) is 17.3 Å². The van der Waals surface area contributed by atoms with E-state index >= 15 is 0 Å². The molecule has 1 aromatic heterocycles. The van der Waals surface area contributed by atoms with Crippen LogP contribution >= 0.6 is 11.6 Å². The monoisotopic (exact) mass is 207 g/mol. The van der Waals surface area contributed by atoms with Crippen LogP contribution in [0, 0.1) is 6.92 Å². The van der Waals surface area contributed by atoms with Crippen LogP contribution in [0.4, 0.5) is 8.78 Å². The molecule has 0 spiro atoms. The van der Waals surface area contributed by atoms with E-state index in [1.165, 1.54) is 6.92 Å². The number of nitrogens with zero attached hydrogens (tertiary/aromatic N) is 1. The van der Waals surface area contributed by atoms with Crippen molar-refractivity contribution in [2.45, 2.75) is 20.0 Å². The highest BCUT2D eigenvalue weighted by molar-refractivity contribution is 6.31. The molecule has 1 heterocycles. The summed E-state index contributed by atoms with van der Waals surface area (Å²) < 4.78 is 24.6. The molecule has 72 valence electrons. The number of aliphatic hydroxyl groups excluding tert-OH is 1. The van der Waals surface area contributed by atoms with Gasteiger partial charge < -0.3 is 5.11 Å². The maximum Gasteiger partial charge on any atom is 0.265 e. The third kappa shape index (κ3) is 2.14. The van der Waals surface area contributed by atoms with Crippen molar-refractivity contribution in [2.24, 2.45) is 0 Å². The molecular formula is C8H8ClF2NO. The molecule has 0 unspecified atom stereocenters. The molecule has 1 aromatic rings. The molecule has 13 heavy (non-hydrogen) atoms. The summed E-state index contributed by atoms with van der Waals surface area (Å²) in [6.07, 6.45) is -2.59. The van der Waals surface area contributed by atoms with Gasteiger partial charge in [-0.1, -0.05) is 11.6 Å². The van der Waals surface area contributed by atoms with Crippen molar-refractivity contribution in [3.63, 3.8) is 0 Å². The van der Waals surface area contributed by atoms with Gasteiger partial charge in [0.15, 0.2) is 0 Å². The van der Waals surface area contributed by atoms with E-state index in [9.17, 15) is 8.78 Å². The molecule has 0 amide bonds. The number of aliphatic hydroxyl groups is 1. The molecular weight excluding hydrogens is 200 g/mol. The van der Waals surface area contributed by atoms with Crippen molar-refractivity contribution in [1.29, 1.82) is 0 Å². The molecule has 0 aliphatic carbocycles. The highest BCUT2D eigenvalue weighted by Crippen LogP contribution is 2.26. The zero-order valence-electron chi connectivity index (χ0n) is 6.89. The number of hydrogen-bond acceptors (Lipinski definition) is 2. The Balaban J connectivity index is 3.20. The van der Waals surface area contributed by atoms with Crippen molar-refractivity contribution >= 4 is 11.6 Å². The summed E-state index contributed by atoms with van der Waals surface area (Å²) in [5, 5.41) is 8.81. The molecule has 0 saturated carbocycles. The molecule has 5 heteroatoms. The van der Waals surface area contributed by atoms with Crippen LogP contribution in [0.3, 0.4) is 0 Å². The van der Waals surface area contributed by atoms with E-state index in [1.807, 2.05) is 0 Å². The van der Waals surface area contributed by atoms with Gasteiger partial charge in [-0.25, -0.2) is 8.78 Å². The second-order valence-electron chi connectivity index (χ2n) is 2.55. The lowest BCUT2D eigenvalue weighted by Crippen LogP contribution is -1.99.